The fraction of sp³-hybridized carbons (Fsp3) is 0.444. The first-order valence-corrected chi connectivity index (χ1v) is 8.78. The van der Waals surface area contributed by atoms with E-state index in [0.29, 0.717) is 12.8 Å². The summed E-state index contributed by atoms with van der Waals surface area (Å²) in [6, 6.07) is 5.55. The highest BCUT2D eigenvalue weighted by molar-refractivity contribution is 7.90. The molecule has 0 aliphatic heterocycles. The number of sulfone groups is 1. The molecule has 0 saturated heterocycles. The van der Waals surface area contributed by atoms with Gasteiger partial charge in [0.1, 0.15) is 0 Å². The van der Waals surface area contributed by atoms with Crippen LogP contribution >= 0.6 is 0 Å². The van der Waals surface area contributed by atoms with Crippen LogP contribution in [0.5, 0.6) is 0 Å². The summed E-state index contributed by atoms with van der Waals surface area (Å²) in [5.41, 5.74) is 0. The van der Waals surface area contributed by atoms with E-state index in [1.54, 1.807) is 6.20 Å². The van der Waals surface area contributed by atoms with Gasteiger partial charge in [0.05, 0.1) is 22.4 Å². The smallest absolute Gasteiger partial charge is 0.224 e. The monoisotopic (exact) mass is 296 g/mol. The van der Waals surface area contributed by atoms with E-state index in [1.807, 2.05) is 23.5 Å². The third-order valence-corrected chi connectivity index (χ3v) is 2.51. The van der Waals surface area contributed by atoms with E-state index in [9.17, 15) is 8.42 Å². The molecule has 0 radical (unpaired) electrons. The summed E-state index contributed by atoms with van der Waals surface area (Å²) in [4.78, 5) is 4.05. The third kappa shape index (κ3) is 15.0. The van der Waals surface area contributed by atoms with E-state index in [-0.39, 0.29) is 5.75 Å². The van der Waals surface area contributed by atoms with E-state index >= 15 is 0 Å². The van der Waals surface area contributed by atoms with E-state index in [4.69, 9.17) is 13.0 Å². The second kappa shape index (κ2) is 7.41. The molecule has 0 amide bonds. The second-order valence-electron chi connectivity index (χ2n) is 3.58. The molecule has 104 valence electrons. The first kappa shape index (κ1) is 17.0. The summed E-state index contributed by atoms with van der Waals surface area (Å²) in [6.07, 6.45) is 3.53. The first-order chi connectivity index (χ1) is 8.08. The molecule has 0 aliphatic carbocycles. The van der Waals surface area contributed by atoms with Crippen LogP contribution in [0.4, 0.5) is 5.82 Å². The quantitative estimate of drug-likeness (QED) is 0.674. The molecule has 18 heavy (non-hydrogen) atoms. The van der Waals surface area contributed by atoms with Gasteiger partial charge < -0.3 is 4.55 Å². The molecular formula is C9H16N2O5S2. The molecule has 0 atom stereocenters. The van der Waals surface area contributed by atoms with Gasteiger partial charge in [-0.25, -0.2) is 21.8 Å². The maximum atomic E-state index is 10.8. The molecule has 0 bridgehead atoms. The molecule has 0 fully saturated rings. The van der Waals surface area contributed by atoms with Crippen LogP contribution < -0.4 is 5.32 Å². The number of hydrogen-bond donors (Lipinski definition) is 1. The van der Waals surface area contributed by atoms with Gasteiger partial charge in [-0.15, -0.1) is 0 Å². The van der Waals surface area contributed by atoms with Crippen LogP contribution in [0.2, 0.25) is 0 Å². The second-order valence-corrected chi connectivity index (χ2v) is 7.25. The molecule has 0 aliphatic rings. The van der Waals surface area contributed by atoms with Crippen LogP contribution in [0.3, 0.4) is 0 Å². The van der Waals surface area contributed by atoms with Crippen molar-refractivity contribution in [2.45, 2.75) is 0 Å². The first-order valence-electron chi connectivity index (χ1n) is 4.91. The number of aromatic nitrogens is 1. The standard InChI is InChI=1S/C8H12N2O2S.CH4O3S/c1-13(11,12)7-6-10-8-4-2-3-5-9-8;1-5(2,3)4/h2-5H,6-7H2,1H3,(H,9,10);1H3,(H,2,3,4). The average Bonchev–Trinajstić information content (AvgIpc) is 2.14. The highest BCUT2D eigenvalue weighted by Gasteiger charge is 2.03. The van der Waals surface area contributed by atoms with Gasteiger partial charge in [-0.3, -0.25) is 5.32 Å². The molecule has 9 heteroatoms. The molecule has 0 saturated carbocycles. The van der Waals surface area contributed by atoms with Crippen LogP contribution in [0.1, 0.15) is 0 Å². The number of hydrogen-bond acceptors (Lipinski definition) is 6. The molecule has 1 aromatic heterocycles. The lowest BCUT2D eigenvalue weighted by Gasteiger charge is -1.97. The van der Waals surface area contributed by atoms with Crippen LogP contribution in [-0.2, 0) is 20.0 Å². The normalized spacial score (nSPS) is 11.5. The van der Waals surface area contributed by atoms with Crippen molar-refractivity contribution in [3.8, 4) is 0 Å². The van der Waals surface area contributed by atoms with Crippen molar-refractivity contribution in [3.05, 3.63) is 24.4 Å². The minimum atomic E-state index is -3.92. The fourth-order valence-corrected chi connectivity index (χ4v) is 1.46. The van der Waals surface area contributed by atoms with Crippen molar-refractivity contribution in [2.24, 2.45) is 0 Å². The SMILES string of the molecule is CS(=O)(=O)CC[NH2+]c1ccccn1.CS(=O)(=O)[O-]. The summed E-state index contributed by atoms with van der Waals surface area (Å²) < 4.78 is 48.8. The van der Waals surface area contributed by atoms with Gasteiger partial charge >= 0.3 is 0 Å². The minimum Gasteiger partial charge on any atom is -0.748 e. The number of nitrogens with zero attached hydrogens (tertiary/aromatic N) is 1. The summed E-state index contributed by atoms with van der Waals surface area (Å²) in [7, 11) is -6.77. The Morgan fingerprint density at radius 1 is 1.22 bits per heavy atom. The zero-order valence-corrected chi connectivity index (χ0v) is 11.7. The van der Waals surface area contributed by atoms with Crippen molar-refractivity contribution in [1.29, 1.82) is 0 Å². The Kier molecular flexibility index (Phi) is 6.99. The number of nitrogens with two attached hydrogens (primary N) is 1. The zero-order valence-electron chi connectivity index (χ0n) is 10.1. The fourth-order valence-electron chi connectivity index (χ4n) is 0.918. The summed E-state index contributed by atoms with van der Waals surface area (Å²) >= 11 is 0. The molecule has 1 aromatic rings. The lowest BCUT2D eigenvalue weighted by atomic mass is 10.4. The van der Waals surface area contributed by atoms with E-state index in [2.05, 4.69) is 4.98 Å². The van der Waals surface area contributed by atoms with Gasteiger partial charge in [0, 0.05) is 24.8 Å². The van der Waals surface area contributed by atoms with Gasteiger partial charge in [0.2, 0.25) is 5.82 Å². The van der Waals surface area contributed by atoms with Gasteiger partial charge in [-0.1, -0.05) is 6.07 Å². The van der Waals surface area contributed by atoms with Crippen molar-refractivity contribution < 1.29 is 26.7 Å². The van der Waals surface area contributed by atoms with Crippen LogP contribution in [0.25, 0.3) is 0 Å². The lowest BCUT2D eigenvalue weighted by molar-refractivity contribution is -0.570. The van der Waals surface area contributed by atoms with Gasteiger partial charge in [0.25, 0.3) is 0 Å². The molecule has 7 nitrogen and oxygen atoms in total. The average molecular weight is 296 g/mol. The molecular weight excluding hydrogens is 280 g/mol. The predicted molar refractivity (Wildman–Crippen MR) is 66.0 cm³/mol. The molecule has 0 aromatic carbocycles. The lowest BCUT2D eigenvalue weighted by Crippen LogP contribution is -2.79. The highest BCUT2D eigenvalue weighted by atomic mass is 32.2. The highest BCUT2D eigenvalue weighted by Crippen LogP contribution is 1.89. The summed E-state index contributed by atoms with van der Waals surface area (Å²) in [5.74, 6) is 1.01. The molecule has 2 N–H and O–H groups in total. The third-order valence-electron chi connectivity index (χ3n) is 1.53. The number of pyridine rings is 1. The maximum Gasteiger partial charge on any atom is 0.224 e. The minimum absolute atomic E-state index is 0.184. The van der Waals surface area contributed by atoms with Crippen LogP contribution in [0, 0.1) is 0 Å². The van der Waals surface area contributed by atoms with Crippen molar-refractivity contribution in [2.75, 3.05) is 24.8 Å². The van der Waals surface area contributed by atoms with Crippen molar-refractivity contribution >= 4 is 25.8 Å². The largest absolute Gasteiger partial charge is 0.748 e. The van der Waals surface area contributed by atoms with E-state index in [0.717, 1.165) is 5.82 Å². The van der Waals surface area contributed by atoms with Gasteiger partial charge in [-0.2, -0.15) is 0 Å². The topological polar surface area (TPSA) is 121 Å². The Morgan fingerprint density at radius 2 is 1.78 bits per heavy atom. The Balaban J connectivity index is 0.000000494. The van der Waals surface area contributed by atoms with Crippen LogP contribution in [-0.4, -0.2) is 51.2 Å². The van der Waals surface area contributed by atoms with E-state index in [1.165, 1.54) is 6.26 Å². The Hall–Kier alpha value is -1.03. The van der Waals surface area contributed by atoms with Gasteiger partial charge in [0.15, 0.2) is 9.84 Å². The molecule has 0 spiro atoms. The summed E-state index contributed by atoms with van der Waals surface area (Å²) in [6.45, 7) is 0.524. The molecule has 1 heterocycles. The molecule has 0 unspecified atom stereocenters. The van der Waals surface area contributed by atoms with Crippen LogP contribution in [0.15, 0.2) is 24.4 Å². The summed E-state index contributed by atoms with van der Waals surface area (Å²) in [5, 5.41) is 1.82. The Labute approximate surface area is 107 Å². The Bertz CT molecular complexity index is 532. The van der Waals surface area contributed by atoms with Crippen molar-refractivity contribution in [1.82, 2.24) is 4.98 Å². The number of quaternary nitrogens is 1. The Morgan fingerprint density at radius 3 is 2.17 bits per heavy atom. The molecule has 1 rings (SSSR count). The van der Waals surface area contributed by atoms with E-state index < -0.39 is 20.0 Å². The van der Waals surface area contributed by atoms with Gasteiger partial charge in [-0.05, 0) is 6.07 Å². The van der Waals surface area contributed by atoms with Crippen molar-refractivity contribution in [3.63, 3.8) is 0 Å². The maximum absolute atomic E-state index is 10.8. The number of rotatable bonds is 4. The predicted octanol–water partition coefficient (Wildman–Crippen LogP) is -1.52. The zero-order chi connectivity index (χ0) is 14.2.